The van der Waals surface area contributed by atoms with E-state index in [4.69, 9.17) is 4.74 Å². The van der Waals surface area contributed by atoms with E-state index < -0.39 is 6.10 Å². The summed E-state index contributed by atoms with van der Waals surface area (Å²) in [5.41, 5.74) is 1.20. The third-order valence-corrected chi connectivity index (χ3v) is 5.70. The molecule has 1 aliphatic carbocycles. The summed E-state index contributed by atoms with van der Waals surface area (Å²) in [6.07, 6.45) is 9.45. The van der Waals surface area contributed by atoms with E-state index in [1.165, 1.54) is 5.56 Å². The second kappa shape index (κ2) is 11.1. The van der Waals surface area contributed by atoms with E-state index >= 15 is 0 Å². The van der Waals surface area contributed by atoms with E-state index in [0.717, 1.165) is 51.4 Å². The summed E-state index contributed by atoms with van der Waals surface area (Å²) < 4.78 is 6.05. The standard InChI is InChI=1S/C24H34N2O3/c1-2-3-4-8-18-29-22(16-13-19-10-6-5-7-11-19)24(28)26-17-9-12-21(26)23(27)25-20-14-15-20/h2,5-7,10-11,20-22H,1,3-4,8-9,12-18H2,(H,25,27)/t21?,22-/m1/s1. The van der Waals surface area contributed by atoms with Crippen molar-refractivity contribution in [2.24, 2.45) is 0 Å². The molecule has 1 aliphatic heterocycles. The summed E-state index contributed by atoms with van der Waals surface area (Å²) >= 11 is 0. The quantitative estimate of drug-likeness (QED) is 0.432. The SMILES string of the molecule is C=CCCCCO[C@H](CCc1ccccc1)C(=O)N1CCCC1C(=O)NC1CC1. The highest BCUT2D eigenvalue weighted by Gasteiger charge is 2.38. The van der Waals surface area contributed by atoms with Crippen LogP contribution in [0.2, 0.25) is 0 Å². The molecular formula is C24H34N2O3. The van der Waals surface area contributed by atoms with E-state index in [1.807, 2.05) is 24.3 Å². The van der Waals surface area contributed by atoms with Crippen LogP contribution in [-0.2, 0) is 20.7 Å². The highest BCUT2D eigenvalue weighted by molar-refractivity contribution is 5.90. The van der Waals surface area contributed by atoms with Gasteiger partial charge in [-0.05, 0) is 63.4 Å². The van der Waals surface area contributed by atoms with Crippen molar-refractivity contribution >= 4 is 11.8 Å². The molecule has 158 valence electrons. The summed E-state index contributed by atoms with van der Waals surface area (Å²) in [5.74, 6) is -0.0239. The van der Waals surface area contributed by atoms with Gasteiger partial charge in [0, 0.05) is 19.2 Å². The average molecular weight is 399 g/mol. The number of hydrogen-bond acceptors (Lipinski definition) is 3. The predicted octanol–water partition coefficient (Wildman–Crippen LogP) is 3.63. The molecule has 1 unspecified atom stereocenters. The van der Waals surface area contributed by atoms with Crippen LogP contribution in [0.25, 0.3) is 0 Å². The maximum Gasteiger partial charge on any atom is 0.252 e. The van der Waals surface area contributed by atoms with Gasteiger partial charge in [0.05, 0.1) is 0 Å². The van der Waals surface area contributed by atoms with Crippen LogP contribution in [0, 0.1) is 0 Å². The van der Waals surface area contributed by atoms with Crippen molar-refractivity contribution in [3.63, 3.8) is 0 Å². The summed E-state index contributed by atoms with van der Waals surface area (Å²) in [6.45, 7) is 4.95. The summed E-state index contributed by atoms with van der Waals surface area (Å²) in [5, 5.41) is 3.06. The first-order valence-corrected chi connectivity index (χ1v) is 11.1. The first-order chi connectivity index (χ1) is 14.2. The van der Waals surface area contributed by atoms with Gasteiger partial charge in [0.25, 0.3) is 5.91 Å². The van der Waals surface area contributed by atoms with Gasteiger partial charge in [0.15, 0.2) is 0 Å². The number of rotatable bonds is 12. The van der Waals surface area contributed by atoms with E-state index in [0.29, 0.717) is 25.6 Å². The molecule has 3 rings (SSSR count). The lowest BCUT2D eigenvalue weighted by atomic mass is 10.1. The third-order valence-electron chi connectivity index (χ3n) is 5.70. The Morgan fingerprint density at radius 3 is 2.72 bits per heavy atom. The minimum Gasteiger partial charge on any atom is -0.368 e. The lowest BCUT2D eigenvalue weighted by Crippen LogP contribution is -2.50. The Kier molecular flexibility index (Phi) is 8.29. The van der Waals surface area contributed by atoms with Crippen LogP contribution >= 0.6 is 0 Å². The fourth-order valence-electron chi connectivity index (χ4n) is 3.85. The molecule has 5 nitrogen and oxygen atoms in total. The smallest absolute Gasteiger partial charge is 0.252 e. The van der Waals surface area contributed by atoms with Crippen LogP contribution in [0.5, 0.6) is 0 Å². The molecule has 1 saturated carbocycles. The van der Waals surface area contributed by atoms with Crippen LogP contribution in [0.15, 0.2) is 43.0 Å². The molecule has 1 aromatic carbocycles. The van der Waals surface area contributed by atoms with Gasteiger partial charge in [-0.2, -0.15) is 0 Å². The third kappa shape index (κ3) is 6.70. The number of likely N-dealkylation sites (tertiary alicyclic amines) is 1. The Morgan fingerprint density at radius 2 is 2.00 bits per heavy atom. The zero-order valence-electron chi connectivity index (χ0n) is 17.4. The maximum absolute atomic E-state index is 13.3. The molecule has 0 aromatic heterocycles. The summed E-state index contributed by atoms with van der Waals surface area (Å²) in [4.78, 5) is 27.7. The molecule has 0 bridgehead atoms. The number of nitrogens with zero attached hydrogens (tertiary/aromatic N) is 1. The topological polar surface area (TPSA) is 58.6 Å². The second-order valence-electron chi connectivity index (χ2n) is 8.14. The largest absolute Gasteiger partial charge is 0.368 e. The van der Waals surface area contributed by atoms with Crippen molar-refractivity contribution in [3.05, 3.63) is 48.6 Å². The molecule has 2 amide bonds. The minimum absolute atomic E-state index is 0.00569. The number of allylic oxidation sites excluding steroid dienone is 1. The summed E-state index contributed by atoms with van der Waals surface area (Å²) in [7, 11) is 0. The van der Waals surface area contributed by atoms with E-state index in [2.05, 4.69) is 24.0 Å². The molecule has 0 spiro atoms. The van der Waals surface area contributed by atoms with E-state index in [9.17, 15) is 9.59 Å². The zero-order chi connectivity index (χ0) is 20.5. The molecule has 2 fully saturated rings. The molecule has 0 radical (unpaired) electrons. The highest BCUT2D eigenvalue weighted by Crippen LogP contribution is 2.24. The van der Waals surface area contributed by atoms with Gasteiger partial charge < -0.3 is 15.0 Å². The number of ether oxygens (including phenoxy) is 1. The number of benzene rings is 1. The molecule has 2 atom stereocenters. The van der Waals surface area contributed by atoms with Crippen molar-refractivity contribution in [1.29, 1.82) is 0 Å². The van der Waals surface area contributed by atoms with Crippen molar-refractivity contribution in [3.8, 4) is 0 Å². The average Bonchev–Trinajstić information content (AvgIpc) is 3.41. The Hall–Kier alpha value is -2.14. The van der Waals surface area contributed by atoms with Crippen LogP contribution in [0.4, 0.5) is 0 Å². The minimum atomic E-state index is -0.492. The van der Waals surface area contributed by atoms with Gasteiger partial charge in [0.2, 0.25) is 5.91 Å². The fraction of sp³-hybridized carbons (Fsp3) is 0.583. The molecular weight excluding hydrogens is 364 g/mol. The monoisotopic (exact) mass is 398 g/mol. The van der Waals surface area contributed by atoms with Gasteiger partial charge in [-0.15, -0.1) is 6.58 Å². The summed E-state index contributed by atoms with van der Waals surface area (Å²) in [6, 6.07) is 10.2. The number of hydrogen-bond donors (Lipinski definition) is 1. The normalized spacial score (nSPS) is 19.7. The number of carbonyl (C=O) groups excluding carboxylic acids is 2. The Labute approximate surface area is 174 Å². The molecule has 1 N–H and O–H groups in total. The second-order valence-corrected chi connectivity index (χ2v) is 8.14. The lowest BCUT2D eigenvalue weighted by molar-refractivity contribution is -0.148. The van der Waals surface area contributed by atoms with Crippen molar-refractivity contribution in [1.82, 2.24) is 10.2 Å². The number of aryl methyl sites for hydroxylation is 1. The predicted molar refractivity (Wildman–Crippen MR) is 114 cm³/mol. The van der Waals surface area contributed by atoms with E-state index in [-0.39, 0.29) is 17.9 Å². The van der Waals surface area contributed by atoms with E-state index in [1.54, 1.807) is 4.90 Å². The lowest BCUT2D eigenvalue weighted by Gasteiger charge is -2.28. The molecule has 2 aliphatic rings. The first kappa shape index (κ1) is 21.6. The molecule has 1 aromatic rings. The van der Waals surface area contributed by atoms with Gasteiger partial charge in [-0.3, -0.25) is 9.59 Å². The first-order valence-electron chi connectivity index (χ1n) is 11.1. The van der Waals surface area contributed by atoms with Gasteiger partial charge in [-0.25, -0.2) is 0 Å². The number of unbranched alkanes of at least 4 members (excludes halogenated alkanes) is 2. The zero-order valence-corrected chi connectivity index (χ0v) is 17.4. The maximum atomic E-state index is 13.3. The fourth-order valence-corrected chi connectivity index (χ4v) is 3.85. The number of carbonyl (C=O) groups is 2. The number of amides is 2. The van der Waals surface area contributed by atoms with Gasteiger partial charge in [0.1, 0.15) is 12.1 Å². The van der Waals surface area contributed by atoms with Crippen LogP contribution in [0.3, 0.4) is 0 Å². The molecule has 5 heteroatoms. The Bertz CT molecular complexity index is 672. The van der Waals surface area contributed by atoms with Crippen molar-refractivity contribution in [2.45, 2.75) is 76.0 Å². The Morgan fingerprint density at radius 1 is 1.21 bits per heavy atom. The van der Waals surface area contributed by atoms with Crippen LogP contribution in [-0.4, -0.2) is 48.1 Å². The molecule has 1 saturated heterocycles. The van der Waals surface area contributed by atoms with Crippen LogP contribution in [0.1, 0.15) is 56.9 Å². The van der Waals surface area contributed by atoms with Gasteiger partial charge >= 0.3 is 0 Å². The van der Waals surface area contributed by atoms with Crippen LogP contribution < -0.4 is 5.32 Å². The Balaban J connectivity index is 1.59. The van der Waals surface area contributed by atoms with Crippen molar-refractivity contribution < 1.29 is 14.3 Å². The molecule has 1 heterocycles. The van der Waals surface area contributed by atoms with Crippen molar-refractivity contribution in [2.75, 3.05) is 13.2 Å². The van der Waals surface area contributed by atoms with Gasteiger partial charge in [-0.1, -0.05) is 36.4 Å². The molecule has 29 heavy (non-hydrogen) atoms. The number of nitrogens with one attached hydrogen (secondary N) is 1. The highest BCUT2D eigenvalue weighted by atomic mass is 16.5.